The standard InChI is InChI=1S/C19H30N6O6/c1-10(2)15(19(30)31)25-17(28)13(6-11-7-20-9-22-11)23-18(29)14(8-26)24-16(27)12-4-3-5-21-12/h7,9-10,12-15,21,26H,3-6,8H2,1-2H3,(H,20,22)(H,23,29)(H,24,27)(H,25,28)(H,30,31). The van der Waals surface area contributed by atoms with E-state index in [-0.39, 0.29) is 12.3 Å². The normalized spacial score (nSPS) is 18.8. The summed E-state index contributed by atoms with van der Waals surface area (Å²) < 4.78 is 0. The quantitative estimate of drug-likeness (QED) is 0.205. The lowest BCUT2D eigenvalue weighted by Crippen LogP contribution is -2.59. The number of aliphatic carboxylic acids is 1. The summed E-state index contributed by atoms with van der Waals surface area (Å²) in [5.41, 5.74) is 0.539. The summed E-state index contributed by atoms with van der Waals surface area (Å²) in [4.78, 5) is 55.9. The highest BCUT2D eigenvalue weighted by Crippen LogP contribution is 2.07. The number of nitrogens with zero attached hydrogens (tertiary/aromatic N) is 1. The zero-order valence-electron chi connectivity index (χ0n) is 17.6. The van der Waals surface area contributed by atoms with Crippen LogP contribution >= 0.6 is 0 Å². The number of aromatic nitrogens is 2. The van der Waals surface area contributed by atoms with E-state index < -0.39 is 54.5 Å². The van der Waals surface area contributed by atoms with Gasteiger partial charge in [0.1, 0.15) is 18.1 Å². The van der Waals surface area contributed by atoms with Crippen LogP contribution in [-0.4, -0.2) is 81.2 Å². The smallest absolute Gasteiger partial charge is 0.326 e. The fraction of sp³-hybridized carbons (Fsp3) is 0.632. The Morgan fingerprint density at radius 2 is 1.87 bits per heavy atom. The number of carboxylic acids is 1. The van der Waals surface area contributed by atoms with Gasteiger partial charge in [0.15, 0.2) is 0 Å². The van der Waals surface area contributed by atoms with Gasteiger partial charge in [-0.05, 0) is 25.3 Å². The maximum absolute atomic E-state index is 12.8. The zero-order valence-corrected chi connectivity index (χ0v) is 17.6. The molecule has 3 amide bonds. The number of amides is 3. The summed E-state index contributed by atoms with van der Waals surface area (Å²) in [6.07, 6.45) is 4.36. The molecule has 31 heavy (non-hydrogen) atoms. The first-order chi connectivity index (χ1) is 14.7. The molecule has 7 N–H and O–H groups in total. The van der Waals surface area contributed by atoms with Crippen molar-refractivity contribution in [2.75, 3.05) is 13.2 Å². The molecule has 1 aromatic heterocycles. The van der Waals surface area contributed by atoms with Crippen molar-refractivity contribution in [1.29, 1.82) is 0 Å². The predicted octanol–water partition coefficient (Wildman–Crippen LogP) is -2.11. The Bertz CT molecular complexity index is 762. The second-order valence-corrected chi connectivity index (χ2v) is 7.80. The topological polar surface area (TPSA) is 186 Å². The molecule has 4 atom stereocenters. The van der Waals surface area contributed by atoms with Gasteiger partial charge in [-0.2, -0.15) is 0 Å². The number of hydrogen-bond donors (Lipinski definition) is 7. The van der Waals surface area contributed by atoms with Crippen LogP contribution in [0.25, 0.3) is 0 Å². The van der Waals surface area contributed by atoms with E-state index >= 15 is 0 Å². The van der Waals surface area contributed by atoms with Crippen LogP contribution in [0.5, 0.6) is 0 Å². The van der Waals surface area contributed by atoms with E-state index in [0.29, 0.717) is 18.7 Å². The number of imidazole rings is 1. The molecule has 1 aliphatic rings. The predicted molar refractivity (Wildman–Crippen MR) is 109 cm³/mol. The van der Waals surface area contributed by atoms with Gasteiger partial charge in [0, 0.05) is 18.3 Å². The minimum atomic E-state index is -1.26. The van der Waals surface area contributed by atoms with Crippen LogP contribution in [0, 0.1) is 5.92 Å². The monoisotopic (exact) mass is 438 g/mol. The molecule has 0 saturated carbocycles. The Balaban J connectivity index is 2.09. The summed E-state index contributed by atoms with van der Waals surface area (Å²) in [6, 6.07) is -3.99. The van der Waals surface area contributed by atoms with Gasteiger partial charge in [-0.1, -0.05) is 13.8 Å². The number of aliphatic hydroxyl groups excluding tert-OH is 1. The molecule has 1 fully saturated rings. The Hall–Kier alpha value is -2.99. The van der Waals surface area contributed by atoms with Crippen LogP contribution in [0.1, 0.15) is 32.4 Å². The molecule has 0 bridgehead atoms. The lowest BCUT2D eigenvalue weighted by Gasteiger charge is -2.25. The summed E-state index contributed by atoms with van der Waals surface area (Å²) in [6.45, 7) is 3.33. The third-order valence-electron chi connectivity index (χ3n) is 5.03. The number of carbonyl (C=O) groups excluding carboxylic acids is 3. The first-order valence-corrected chi connectivity index (χ1v) is 10.2. The highest BCUT2D eigenvalue weighted by Gasteiger charge is 2.32. The van der Waals surface area contributed by atoms with Crippen molar-refractivity contribution in [3.63, 3.8) is 0 Å². The molecular formula is C19H30N6O6. The van der Waals surface area contributed by atoms with E-state index in [1.807, 2.05) is 0 Å². The lowest BCUT2D eigenvalue weighted by molar-refractivity contribution is -0.143. The number of H-pyrrole nitrogens is 1. The van der Waals surface area contributed by atoms with E-state index in [2.05, 4.69) is 31.2 Å². The summed E-state index contributed by atoms with van der Waals surface area (Å²) in [5.74, 6) is -3.45. The fourth-order valence-electron chi connectivity index (χ4n) is 3.24. The van der Waals surface area contributed by atoms with Gasteiger partial charge in [-0.25, -0.2) is 9.78 Å². The molecule has 2 heterocycles. The molecule has 12 heteroatoms. The number of carboxylic acid groups (broad SMARTS) is 1. The van der Waals surface area contributed by atoms with Crippen molar-refractivity contribution in [3.8, 4) is 0 Å². The SMILES string of the molecule is CC(C)C(NC(=O)C(Cc1cnc[nH]1)NC(=O)C(CO)NC(=O)C1CCCN1)C(=O)O. The van der Waals surface area contributed by atoms with Crippen molar-refractivity contribution in [1.82, 2.24) is 31.2 Å². The summed E-state index contributed by atoms with van der Waals surface area (Å²) >= 11 is 0. The van der Waals surface area contributed by atoms with Crippen LogP contribution < -0.4 is 21.3 Å². The van der Waals surface area contributed by atoms with Crippen molar-refractivity contribution >= 4 is 23.7 Å². The van der Waals surface area contributed by atoms with Gasteiger partial charge in [0.25, 0.3) is 0 Å². The molecule has 0 aromatic carbocycles. The number of aliphatic hydroxyl groups is 1. The number of nitrogens with one attached hydrogen (secondary N) is 5. The van der Waals surface area contributed by atoms with Gasteiger partial charge in [0.2, 0.25) is 17.7 Å². The highest BCUT2D eigenvalue weighted by atomic mass is 16.4. The Morgan fingerprint density at radius 3 is 2.39 bits per heavy atom. The summed E-state index contributed by atoms with van der Waals surface area (Å²) in [5, 5.41) is 29.3. The molecule has 1 saturated heterocycles. The van der Waals surface area contributed by atoms with Crippen molar-refractivity contribution in [2.45, 2.75) is 57.3 Å². The zero-order chi connectivity index (χ0) is 23.0. The summed E-state index contributed by atoms with van der Waals surface area (Å²) in [7, 11) is 0. The average molecular weight is 438 g/mol. The second-order valence-electron chi connectivity index (χ2n) is 7.80. The van der Waals surface area contributed by atoms with E-state index in [1.54, 1.807) is 13.8 Å². The Kier molecular flexibility index (Phi) is 8.94. The largest absolute Gasteiger partial charge is 0.480 e. The van der Waals surface area contributed by atoms with E-state index in [9.17, 15) is 29.4 Å². The van der Waals surface area contributed by atoms with Crippen molar-refractivity contribution < 1.29 is 29.4 Å². The van der Waals surface area contributed by atoms with Crippen LogP contribution in [0.15, 0.2) is 12.5 Å². The molecule has 2 rings (SSSR count). The van der Waals surface area contributed by atoms with Crippen LogP contribution in [-0.2, 0) is 25.6 Å². The molecule has 0 aliphatic carbocycles. The third kappa shape index (κ3) is 7.03. The van der Waals surface area contributed by atoms with Gasteiger partial charge >= 0.3 is 5.97 Å². The Morgan fingerprint density at radius 1 is 1.16 bits per heavy atom. The fourth-order valence-corrected chi connectivity index (χ4v) is 3.24. The van der Waals surface area contributed by atoms with Gasteiger partial charge in [-0.3, -0.25) is 14.4 Å². The van der Waals surface area contributed by atoms with Crippen LogP contribution in [0.3, 0.4) is 0 Å². The number of carbonyl (C=O) groups is 4. The molecule has 172 valence electrons. The van der Waals surface area contributed by atoms with Gasteiger partial charge in [-0.15, -0.1) is 0 Å². The van der Waals surface area contributed by atoms with Crippen molar-refractivity contribution in [2.24, 2.45) is 5.92 Å². The first-order valence-electron chi connectivity index (χ1n) is 10.2. The van der Waals surface area contributed by atoms with Gasteiger partial charge < -0.3 is 36.5 Å². The molecule has 1 aliphatic heterocycles. The van der Waals surface area contributed by atoms with Crippen LogP contribution in [0.2, 0.25) is 0 Å². The maximum atomic E-state index is 12.8. The minimum absolute atomic E-state index is 0.0122. The molecular weight excluding hydrogens is 408 g/mol. The maximum Gasteiger partial charge on any atom is 0.326 e. The molecule has 0 radical (unpaired) electrons. The van der Waals surface area contributed by atoms with Crippen molar-refractivity contribution in [3.05, 3.63) is 18.2 Å². The molecule has 0 spiro atoms. The molecule has 4 unspecified atom stereocenters. The Labute approximate surface area is 179 Å². The molecule has 12 nitrogen and oxygen atoms in total. The second kappa shape index (κ2) is 11.4. The first kappa shape index (κ1) is 24.3. The number of hydrogen-bond acceptors (Lipinski definition) is 7. The minimum Gasteiger partial charge on any atom is -0.480 e. The van der Waals surface area contributed by atoms with E-state index in [1.165, 1.54) is 12.5 Å². The van der Waals surface area contributed by atoms with Crippen LogP contribution in [0.4, 0.5) is 0 Å². The average Bonchev–Trinajstić information content (AvgIpc) is 3.42. The molecule has 1 aromatic rings. The van der Waals surface area contributed by atoms with E-state index in [4.69, 9.17) is 0 Å². The number of rotatable bonds is 11. The van der Waals surface area contributed by atoms with Gasteiger partial charge in [0.05, 0.1) is 19.0 Å². The van der Waals surface area contributed by atoms with E-state index in [0.717, 1.165) is 6.42 Å². The number of aromatic amines is 1. The highest BCUT2D eigenvalue weighted by molar-refractivity contribution is 5.94. The third-order valence-corrected chi connectivity index (χ3v) is 5.03. The lowest BCUT2D eigenvalue weighted by atomic mass is 10.0.